The molecule has 0 bridgehead atoms. The molecule has 2 aromatic rings. The van der Waals surface area contributed by atoms with Crippen molar-refractivity contribution in [2.45, 2.75) is 31.6 Å². The molecule has 31 heavy (non-hydrogen) atoms. The summed E-state index contributed by atoms with van der Waals surface area (Å²) in [7, 11) is 1.16. The van der Waals surface area contributed by atoms with Crippen molar-refractivity contribution in [2.75, 3.05) is 13.7 Å². The lowest BCUT2D eigenvalue weighted by Gasteiger charge is -2.18. The molecular formula is C22H25FN2O6. The Morgan fingerprint density at radius 1 is 1.06 bits per heavy atom. The summed E-state index contributed by atoms with van der Waals surface area (Å²) in [6.07, 6.45) is -2.44. The molecule has 0 radical (unpaired) electrons. The number of esters is 1. The van der Waals surface area contributed by atoms with Crippen molar-refractivity contribution in [3.63, 3.8) is 0 Å². The number of aliphatic hydroxyl groups is 1. The Morgan fingerprint density at radius 2 is 1.74 bits per heavy atom. The first-order valence-electron chi connectivity index (χ1n) is 9.62. The molecular weight excluding hydrogens is 407 g/mol. The van der Waals surface area contributed by atoms with Crippen molar-refractivity contribution in [3.05, 3.63) is 71.5 Å². The SMILES string of the molecule is COC(=O)[C@H](Cc1ccccc1F)NC(=O)C[C@@H](O)CNC(=O)OCc1ccccc1. The first kappa shape index (κ1) is 23.8. The van der Waals surface area contributed by atoms with Gasteiger partial charge in [0.2, 0.25) is 5.91 Å². The van der Waals surface area contributed by atoms with Gasteiger partial charge in [0.05, 0.1) is 19.6 Å². The van der Waals surface area contributed by atoms with Crippen LogP contribution < -0.4 is 10.6 Å². The predicted molar refractivity (Wildman–Crippen MR) is 109 cm³/mol. The number of methoxy groups -OCH3 is 1. The molecule has 0 unspecified atom stereocenters. The zero-order valence-corrected chi connectivity index (χ0v) is 17.0. The number of nitrogens with one attached hydrogen (secondary N) is 2. The van der Waals surface area contributed by atoms with Gasteiger partial charge >= 0.3 is 12.1 Å². The van der Waals surface area contributed by atoms with E-state index in [1.807, 2.05) is 18.2 Å². The molecule has 3 N–H and O–H groups in total. The van der Waals surface area contributed by atoms with Gasteiger partial charge < -0.3 is 25.2 Å². The highest BCUT2D eigenvalue weighted by atomic mass is 19.1. The van der Waals surface area contributed by atoms with Crippen LogP contribution in [0.1, 0.15) is 17.5 Å². The number of ether oxygens (including phenoxy) is 2. The number of aliphatic hydroxyl groups excluding tert-OH is 1. The fourth-order valence-corrected chi connectivity index (χ4v) is 2.73. The summed E-state index contributed by atoms with van der Waals surface area (Å²) in [6.45, 7) is -0.155. The Balaban J connectivity index is 1.78. The van der Waals surface area contributed by atoms with Crippen molar-refractivity contribution in [3.8, 4) is 0 Å². The van der Waals surface area contributed by atoms with Gasteiger partial charge in [-0.15, -0.1) is 0 Å². The maximum absolute atomic E-state index is 13.9. The van der Waals surface area contributed by atoms with Crippen LogP contribution in [0.4, 0.5) is 9.18 Å². The quantitative estimate of drug-likeness (QED) is 0.493. The number of benzene rings is 2. The number of carbonyl (C=O) groups excluding carboxylic acids is 3. The summed E-state index contributed by atoms with van der Waals surface area (Å²) < 4.78 is 23.5. The van der Waals surface area contributed by atoms with Crippen LogP contribution in [0.5, 0.6) is 0 Å². The lowest BCUT2D eigenvalue weighted by Crippen LogP contribution is -2.45. The summed E-state index contributed by atoms with van der Waals surface area (Å²) >= 11 is 0. The molecule has 0 aliphatic heterocycles. The molecule has 0 fully saturated rings. The van der Waals surface area contributed by atoms with E-state index in [9.17, 15) is 23.9 Å². The summed E-state index contributed by atoms with van der Waals surface area (Å²) in [5.41, 5.74) is 1.04. The predicted octanol–water partition coefficient (Wildman–Crippen LogP) is 1.70. The van der Waals surface area contributed by atoms with E-state index in [0.717, 1.165) is 12.7 Å². The van der Waals surface area contributed by atoms with E-state index in [4.69, 9.17) is 4.74 Å². The van der Waals surface area contributed by atoms with Crippen LogP contribution in [-0.2, 0) is 32.1 Å². The van der Waals surface area contributed by atoms with E-state index in [-0.39, 0.29) is 31.6 Å². The van der Waals surface area contributed by atoms with Gasteiger partial charge in [0.15, 0.2) is 0 Å². The average Bonchev–Trinajstić information content (AvgIpc) is 2.77. The van der Waals surface area contributed by atoms with Crippen molar-refractivity contribution in [2.24, 2.45) is 0 Å². The van der Waals surface area contributed by atoms with Gasteiger partial charge in [-0.1, -0.05) is 48.5 Å². The van der Waals surface area contributed by atoms with Gasteiger partial charge in [0, 0.05) is 13.0 Å². The molecule has 0 aliphatic carbocycles. The van der Waals surface area contributed by atoms with Crippen LogP contribution in [0, 0.1) is 5.82 Å². The Bertz CT molecular complexity index is 877. The standard InChI is InChI=1S/C22H25FN2O6/c1-30-21(28)19(11-16-9-5-6-10-18(16)23)25-20(27)12-17(26)13-24-22(29)31-14-15-7-3-2-4-8-15/h2-10,17,19,26H,11-14H2,1H3,(H,24,29)(H,25,27)/t17-,19+/m1/s1. The topological polar surface area (TPSA) is 114 Å². The molecule has 2 rings (SSSR count). The van der Waals surface area contributed by atoms with Gasteiger partial charge in [-0.05, 0) is 17.2 Å². The number of halogens is 1. The van der Waals surface area contributed by atoms with Crippen LogP contribution in [0.2, 0.25) is 0 Å². The third kappa shape index (κ3) is 8.43. The van der Waals surface area contributed by atoms with E-state index >= 15 is 0 Å². The maximum Gasteiger partial charge on any atom is 0.407 e. The second kappa shape index (κ2) is 12.3. The van der Waals surface area contributed by atoms with Crippen LogP contribution in [0.3, 0.4) is 0 Å². The summed E-state index contributed by atoms with van der Waals surface area (Å²) in [6, 6.07) is 13.8. The molecule has 2 atom stereocenters. The molecule has 0 heterocycles. The fraction of sp³-hybridized carbons (Fsp3) is 0.318. The molecule has 0 saturated carbocycles. The van der Waals surface area contributed by atoms with Crippen LogP contribution >= 0.6 is 0 Å². The average molecular weight is 432 g/mol. The number of hydrogen-bond acceptors (Lipinski definition) is 6. The maximum atomic E-state index is 13.9. The lowest BCUT2D eigenvalue weighted by molar-refractivity contribution is -0.145. The number of alkyl carbamates (subject to hydrolysis) is 1. The first-order chi connectivity index (χ1) is 14.9. The molecule has 2 amide bonds. The second-order valence-electron chi connectivity index (χ2n) is 6.74. The molecule has 8 nitrogen and oxygen atoms in total. The summed E-state index contributed by atoms with van der Waals surface area (Å²) in [5, 5.41) is 14.8. The number of rotatable bonds is 10. The van der Waals surface area contributed by atoms with Crippen LogP contribution in [0.25, 0.3) is 0 Å². The van der Waals surface area contributed by atoms with Crippen molar-refractivity contribution in [1.82, 2.24) is 10.6 Å². The third-order valence-electron chi connectivity index (χ3n) is 4.32. The van der Waals surface area contributed by atoms with E-state index < -0.39 is 35.9 Å². The van der Waals surface area contributed by atoms with Gasteiger partial charge in [0.1, 0.15) is 18.5 Å². The van der Waals surface area contributed by atoms with Gasteiger partial charge in [-0.25, -0.2) is 14.0 Å². The zero-order valence-electron chi connectivity index (χ0n) is 17.0. The second-order valence-corrected chi connectivity index (χ2v) is 6.74. The third-order valence-corrected chi connectivity index (χ3v) is 4.32. The summed E-state index contributed by atoms with van der Waals surface area (Å²) in [5.74, 6) is -1.91. The molecule has 2 aromatic carbocycles. The Labute approximate surface area is 179 Å². The smallest absolute Gasteiger partial charge is 0.407 e. The Kier molecular flexibility index (Phi) is 9.44. The van der Waals surface area contributed by atoms with Crippen molar-refractivity contribution < 1.29 is 33.4 Å². The van der Waals surface area contributed by atoms with Crippen molar-refractivity contribution in [1.29, 1.82) is 0 Å². The minimum Gasteiger partial charge on any atom is -0.467 e. The molecule has 0 aliphatic rings. The number of carbonyl (C=O) groups is 3. The largest absolute Gasteiger partial charge is 0.467 e. The minimum atomic E-state index is -1.21. The normalized spacial score (nSPS) is 12.4. The monoisotopic (exact) mass is 432 g/mol. The highest BCUT2D eigenvalue weighted by Gasteiger charge is 2.24. The first-order valence-corrected chi connectivity index (χ1v) is 9.62. The fourth-order valence-electron chi connectivity index (χ4n) is 2.73. The Hall–Kier alpha value is -3.46. The van der Waals surface area contributed by atoms with Gasteiger partial charge in [0.25, 0.3) is 0 Å². The zero-order chi connectivity index (χ0) is 22.6. The van der Waals surface area contributed by atoms with E-state index in [2.05, 4.69) is 15.4 Å². The van der Waals surface area contributed by atoms with Gasteiger partial charge in [-0.3, -0.25) is 4.79 Å². The van der Waals surface area contributed by atoms with E-state index in [0.29, 0.717) is 0 Å². The number of amides is 2. The molecule has 0 saturated heterocycles. The number of hydrogen-bond donors (Lipinski definition) is 3. The molecule has 0 spiro atoms. The Morgan fingerprint density at radius 3 is 2.42 bits per heavy atom. The van der Waals surface area contributed by atoms with Crippen LogP contribution in [0.15, 0.2) is 54.6 Å². The minimum absolute atomic E-state index is 0.0696. The highest BCUT2D eigenvalue weighted by molar-refractivity contribution is 5.85. The molecule has 0 aromatic heterocycles. The lowest BCUT2D eigenvalue weighted by atomic mass is 10.0. The van der Waals surface area contributed by atoms with Gasteiger partial charge in [-0.2, -0.15) is 0 Å². The summed E-state index contributed by atoms with van der Waals surface area (Å²) in [4.78, 5) is 35.9. The van der Waals surface area contributed by atoms with Crippen LogP contribution in [-0.4, -0.2) is 48.9 Å². The van der Waals surface area contributed by atoms with E-state index in [1.54, 1.807) is 18.2 Å². The molecule has 166 valence electrons. The highest BCUT2D eigenvalue weighted by Crippen LogP contribution is 2.10. The van der Waals surface area contributed by atoms with E-state index in [1.165, 1.54) is 18.2 Å². The van der Waals surface area contributed by atoms with Crippen molar-refractivity contribution >= 4 is 18.0 Å². The molecule has 9 heteroatoms.